The lowest BCUT2D eigenvalue weighted by Crippen LogP contribution is -2.27. The third kappa shape index (κ3) is 3.57. The smallest absolute Gasteiger partial charge is 0.129 e. The fraction of sp³-hybridized carbons (Fsp3) is 0.615. The number of anilines is 1. The zero-order valence-corrected chi connectivity index (χ0v) is 11.5. The first kappa shape index (κ1) is 13.6. The Morgan fingerprint density at radius 2 is 2.28 bits per heavy atom. The molecule has 4 nitrogen and oxygen atoms in total. The van der Waals surface area contributed by atoms with Gasteiger partial charge in [0.15, 0.2) is 0 Å². The first-order chi connectivity index (χ1) is 8.81. The van der Waals surface area contributed by atoms with Gasteiger partial charge in [-0.2, -0.15) is 0 Å². The average molecular weight is 270 g/mol. The van der Waals surface area contributed by atoms with Gasteiger partial charge in [0.2, 0.25) is 0 Å². The molecule has 5 heteroatoms. The minimum absolute atomic E-state index is 0.716. The second-order valence-electron chi connectivity index (χ2n) is 4.33. The van der Waals surface area contributed by atoms with E-state index in [1.807, 2.05) is 12.1 Å². The van der Waals surface area contributed by atoms with Crippen molar-refractivity contribution >= 4 is 17.4 Å². The van der Waals surface area contributed by atoms with Crippen molar-refractivity contribution in [3.05, 3.63) is 22.8 Å². The third-order valence-corrected chi connectivity index (χ3v) is 3.34. The van der Waals surface area contributed by atoms with Gasteiger partial charge in [0.1, 0.15) is 5.82 Å². The van der Waals surface area contributed by atoms with Gasteiger partial charge in [-0.3, -0.25) is 0 Å². The zero-order chi connectivity index (χ0) is 12.8. The van der Waals surface area contributed by atoms with E-state index in [1.165, 1.54) is 0 Å². The predicted molar refractivity (Wildman–Crippen MR) is 74.3 cm³/mol. The predicted octanol–water partition coefficient (Wildman–Crippen LogP) is 2.07. The van der Waals surface area contributed by atoms with Crippen LogP contribution in [0.3, 0.4) is 0 Å². The van der Waals surface area contributed by atoms with Crippen molar-refractivity contribution < 1.29 is 4.74 Å². The molecule has 1 aromatic heterocycles. The molecule has 100 valence electrons. The minimum Gasteiger partial charge on any atom is -0.380 e. The molecule has 1 aliphatic heterocycles. The molecule has 0 atom stereocenters. The van der Waals surface area contributed by atoms with Crippen LogP contribution < -0.4 is 10.2 Å². The standard InChI is InChI=1S/C13H20ClN3O/c1-2-15-10-12-11(14)4-5-13(16-12)17-6-3-8-18-9-7-17/h4-5,15H,2-3,6-10H2,1H3. The first-order valence-corrected chi connectivity index (χ1v) is 6.88. The highest BCUT2D eigenvalue weighted by Crippen LogP contribution is 2.20. The lowest BCUT2D eigenvalue weighted by atomic mass is 10.3. The van der Waals surface area contributed by atoms with E-state index >= 15 is 0 Å². The van der Waals surface area contributed by atoms with E-state index in [9.17, 15) is 0 Å². The Morgan fingerprint density at radius 1 is 1.39 bits per heavy atom. The second-order valence-corrected chi connectivity index (χ2v) is 4.74. The van der Waals surface area contributed by atoms with E-state index in [2.05, 4.69) is 22.1 Å². The summed E-state index contributed by atoms with van der Waals surface area (Å²) in [6.07, 6.45) is 1.05. The van der Waals surface area contributed by atoms with Gasteiger partial charge in [-0.1, -0.05) is 18.5 Å². The maximum absolute atomic E-state index is 6.16. The summed E-state index contributed by atoms with van der Waals surface area (Å²) in [5, 5.41) is 3.99. The number of nitrogens with zero attached hydrogens (tertiary/aromatic N) is 2. The lowest BCUT2D eigenvalue weighted by molar-refractivity contribution is 0.152. The van der Waals surface area contributed by atoms with Crippen molar-refractivity contribution in [3.8, 4) is 0 Å². The van der Waals surface area contributed by atoms with Crippen LogP contribution >= 0.6 is 11.6 Å². The molecule has 1 aromatic rings. The number of aromatic nitrogens is 1. The molecule has 0 aromatic carbocycles. The van der Waals surface area contributed by atoms with Gasteiger partial charge in [-0.05, 0) is 25.1 Å². The lowest BCUT2D eigenvalue weighted by Gasteiger charge is -2.21. The molecule has 0 amide bonds. The number of hydrogen-bond donors (Lipinski definition) is 1. The Bertz CT molecular complexity index is 378. The largest absolute Gasteiger partial charge is 0.380 e. The van der Waals surface area contributed by atoms with Crippen LogP contribution in [0.25, 0.3) is 0 Å². The van der Waals surface area contributed by atoms with Crippen LogP contribution in [-0.4, -0.2) is 37.8 Å². The molecule has 0 aliphatic carbocycles. The molecule has 0 unspecified atom stereocenters. The molecule has 0 bridgehead atoms. The molecule has 1 aliphatic rings. The zero-order valence-electron chi connectivity index (χ0n) is 10.8. The number of pyridine rings is 1. The van der Waals surface area contributed by atoms with Crippen LogP contribution in [0.15, 0.2) is 12.1 Å². The normalized spacial score (nSPS) is 16.7. The average Bonchev–Trinajstić information content (AvgIpc) is 2.67. The third-order valence-electron chi connectivity index (χ3n) is 2.99. The maximum atomic E-state index is 6.16. The maximum Gasteiger partial charge on any atom is 0.129 e. The highest BCUT2D eigenvalue weighted by Gasteiger charge is 2.12. The molecule has 1 fully saturated rings. The van der Waals surface area contributed by atoms with E-state index < -0.39 is 0 Å². The van der Waals surface area contributed by atoms with Crippen LogP contribution in [0.5, 0.6) is 0 Å². The van der Waals surface area contributed by atoms with Crippen LogP contribution in [0.2, 0.25) is 5.02 Å². The van der Waals surface area contributed by atoms with Crippen LogP contribution in [0.1, 0.15) is 19.0 Å². The molecule has 2 rings (SSSR count). The summed E-state index contributed by atoms with van der Waals surface area (Å²) in [5.41, 5.74) is 0.918. The summed E-state index contributed by atoms with van der Waals surface area (Å²) in [6, 6.07) is 3.92. The van der Waals surface area contributed by atoms with E-state index in [-0.39, 0.29) is 0 Å². The van der Waals surface area contributed by atoms with Gasteiger partial charge in [0.05, 0.1) is 17.3 Å². The Morgan fingerprint density at radius 3 is 3.11 bits per heavy atom. The summed E-state index contributed by atoms with van der Waals surface area (Å²) in [6.45, 7) is 7.21. The Labute approximate surface area is 113 Å². The Kier molecular flexibility index (Phi) is 5.23. The second kappa shape index (κ2) is 6.92. The quantitative estimate of drug-likeness (QED) is 0.908. The van der Waals surface area contributed by atoms with E-state index in [4.69, 9.17) is 16.3 Å². The fourth-order valence-corrected chi connectivity index (χ4v) is 2.16. The monoisotopic (exact) mass is 269 g/mol. The minimum atomic E-state index is 0.716. The molecule has 0 radical (unpaired) electrons. The first-order valence-electron chi connectivity index (χ1n) is 6.50. The summed E-state index contributed by atoms with van der Waals surface area (Å²) in [4.78, 5) is 6.91. The fourth-order valence-electron chi connectivity index (χ4n) is 1.99. The number of halogens is 1. The molecule has 18 heavy (non-hydrogen) atoms. The van der Waals surface area contributed by atoms with Crippen molar-refractivity contribution in [2.45, 2.75) is 19.9 Å². The molecule has 0 spiro atoms. The number of ether oxygens (including phenoxy) is 1. The van der Waals surface area contributed by atoms with Crippen molar-refractivity contribution in [2.75, 3.05) is 37.7 Å². The highest BCUT2D eigenvalue weighted by atomic mass is 35.5. The van der Waals surface area contributed by atoms with Gasteiger partial charge in [-0.15, -0.1) is 0 Å². The van der Waals surface area contributed by atoms with E-state index in [0.717, 1.165) is 55.8 Å². The van der Waals surface area contributed by atoms with Crippen LogP contribution in [0.4, 0.5) is 5.82 Å². The molecular formula is C13H20ClN3O. The van der Waals surface area contributed by atoms with Crippen molar-refractivity contribution in [2.24, 2.45) is 0 Å². The Balaban J connectivity index is 2.11. The van der Waals surface area contributed by atoms with Crippen LogP contribution in [0, 0.1) is 0 Å². The molecular weight excluding hydrogens is 250 g/mol. The van der Waals surface area contributed by atoms with Gasteiger partial charge in [-0.25, -0.2) is 4.98 Å². The van der Waals surface area contributed by atoms with Crippen LogP contribution in [-0.2, 0) is 11.3 Å². The van der Waals surface area contributed by atoms with E-state index in [1.54, 1.807) is 0 Å². The summed E-state index contributed by atoms with van der Waals surface area (Å²) >= 11 is 6.16. The number of hydrogen-bond acceptors (Lipinski definition) is 4. The van der Waals surface area contributed by atoms with Crippen molar-refractivity contribution in [1.82, 2.24) is 10.3 Å². The topological polar surface area (TPSA) is 37.4 Å². The number of nitrogens with one attached hydrogen (secondary N) is 1. The van der Waals surface area contributed by atoms with Crippen molar-refractivity contribution in [1.29, 1.82) is 0 Å². The molecule has 1 saturated heterocycles. The summed E-state index contributed by atoms with van der Waals surface area (Å²) in [5.74, 6) is 0.998. The molecule has 0 saturated carbocycles. The summed E-state index contributed by atoms with van der Waals surface area (Å²) in [7, 11) is 0. The molecule has 2 heterocycles. The molecule has 1 N–H and O–H groups in total. The van der Waals surface area contributed by atoms with Crippen molar-refractivity contribution in [3.63, 3.8) is 0 Å². The number of rotatable bonds is 4. The summed E-state index contributed by atoms with van der Waals surface area (Å²) < 4.78 is 5.46. The highest BCUT2D eigenvalue weighted by molar-refractivity contribution is 6.31. The van der Waals surface area contributed by atoms with Gasteiger partial charge >= 0.3 is 0 Å². The van der Waals surface area contributed by atoms with E-state index in [0.29, 0.717) is 6.54 Å². The SMILES string of the molecule is CCNCc1nc(N2CCCOCC2)ccc1Cl. The van der Waals surface area contributed by atoms with Gasteiger partial charge < -0.3 is 15.0 Å². The van der Waals surface area contributed by atoms with Gasteiger partial charge in [0, 0.05) is 26.2 Å². The van der Waals surface area contributed by atoms with Gasteiger partial charge in [0.25, 0.3) is 0 Å². The Hall–Kier alpha value is -0.840.